The summed E-state index contributed by atoms with van der Waals surface area (Å²) in [5, 5.41) is 3.49. The summed E-state index contributed by atoms with van der Waals surface area (Å²) in [5.74, 6) is 0. The number of hydrogen-bond donors (Lipinski definition) is 2. The van der Waals surface area contributed by atoms with Gasteiger partial charge < -0.3 is 11.1 Å². The number of nitrogens with two attached hydrogens (primary N) is 1. The molecule has 0 amide bonds. The van der Waals surface area contributed by atoms with Gasteiger partial charge in [-0.2, -0.15) is 0 Å². The Balaban J connectivity index is 2.11. The van der Waals surface area contributed by atoms with Crippen molar-refractivity contribution in [3.05, 3.63) is 28.2 Å². The van der Waals surface area contributed by atoms with E-state index in [4.69, 9.17) is 5.73 Å². The molecule has 3 rings (SSSR count). The third-order valence-electron chi connectivity index (χ3n) is 3.55. The van der Waals surface area contributed by atoms with Gasteiger partial charge in [0.2, 0.25) is 0 Å². The van der Waals surface area contributed by atoms with E-state index < -0.39 is 0 Å². The van der Waals surface area contributed by atoms with Crippen LogP contribution in [0.2, 0.25) is 0 Å². The van der Waals surface area contributed by atoms with E-state index in [0.29, 0.717) is 5.41 Å². The molecule has 3 N–H and O–H groups in total. The van der Waals surface area contributed by atoms with Crippen molar-refractivity contribution in [1.29, 1.82) is 0 Å². The number of fused-ring (bicyclic) bond motifs is 1. The first-order valence-corrected chi connectivity index (χ1v) is 5.80. The molecule has 1 heterocycles. The Hall–Kier alpha value is -0.540. The molecule has 3 heteroatoms. The Morgan fingerprint density at radius 2 is 2.21 bits per heavy atom. The molecule has 14 heavy (non-hydrogen) atoms. The van der Waals surface area contributed by atoms with Crippen LogP contribution in [0, 0.1) is 5.41 Å². The number of halogens is 1. The van der Waals surface area contributed by atoms with Gasteiger partial charge in [-0.25, -0.2) is 0 Å². The minimum absolute atomic E-state index is 0.219. The van der Waals surface area contributed by atoms with Crippen LogP contribution in [0.25, 0.3) is 0 Å². The molecule has 1 aliphatic carbocycles. The maximum absolute atomic E-state index is 6.29. The Morgan fingerprint density at radius 3 is 2.93 bits per heavy atom. The van der Waals surface area contributed by atoms with Crippen LogP contribution in [0.5, 0.6) is 0 Å². The molecule has 1 aromatic carbocycles. The predicted octanol–water partition coefficient (Wildman–Crippen LogP) is 2.65. The molecule has 1 aliphatic heterocycles. The molecule has 0 saturated heterocycles. The zero-order valence-corrected chi connectivity index (χ0v) is 9.47. The molecule has 2 aliphatic rings. The summed E-state index contributed by atoms with van der Waals surface area (Å²) in [5.41, 5.74) is 9.12. The molecule has 0 aromatic heterocycles. The van der Waals surface area contributed by atoms with E-state index >= 15 is 0 Å². The summed E-state index contributed by atoms with van der Waals surface area (Å²) >= 11 is 3.55. The highest BCUT2D eigenvalue weighted by Gasteiger charge is 2.50. The number of rotatable bonds is 0. The van der Waals surface area contributed by atoms with Crippen LogP contribution in [-0.2, 0) is 0 Å². The molecule has 1 saturated carbocycles. The summed E-state index contributed by atoms with van der Waals surface area (Å²) in [6.07, 6.45) is 2.54. The number of hydrogen-bond acceptors (Lipinski definition) is 2. The van der Waals surface area contributed by atoms with E-state index in [2.05, 4.69) is 39.4 Å². The van der Waals surface area contributed by atoms with E-state index in [0.717, 1.165) is 11.0 Å². The summed E-state index contributed by atoms with van der Waals surface area (Å²) in [6, 6.07) is 6.47. The quantitative estimate of drug-likeness (QED) is 0.746. The molecule has 1 fully saturated rings. The SMILES string of the molecule is NC1c2cccc(Br)c2NCC12CC2. The fourth-order valence-corrected chi connectivity index (χ4v) is 2.86. The van der Waals surface area contributed by atoms with Crippen molar-refractivity contribution in [3.63, 3.8) is 0 Å². The summed E-state index contributed by atoms with van der Waals surface area (Å²) < 4.78 is 1.13. The molecule has 2 nitrogen and oxygen atoms in total. The van der Waals surface area contributed by atoms with Crippen LogP contribution >= 0.6 is 15.9 Å². The lowest BCUT2D eigenvalue weighted by molar-refractivity contribution is 0.418. The molecule has 1 atom stereocenters. The van der Waals surface area contributed by atoms with Gasteiger partial charge in [-0.1, -0.05) is 12.1 Å². The van der Waals surface area contributed by atoms with Crippen LogP contribution in [0.3, 0.4) is 0 Å². The lowest BCUT2D eigenvalue weighted by Gasteiger charge is -2.32. The Labute approximate surface area is 92.0 Å². The van der Waals surface area contributed by atoms with Gasteiger partial charge in [-0.3, -0.25) is 0 Å². The normalized spacial score (nSPS) is 26.9. The summed E-state index contributed by atoms with van der Waals surface area (Å²) in [4.78, 5) is 0. The lowest BCUT2D eigenvalue weighted by Crippen LogP contribution is -2.34. The molecule has 1 spiro atoms. The molecule has 0 bridgehead atoms. The van der Waals surface area contributed by atoms with E-state index in [1.807, 2.05) is 0 Å². The van der Waals surface area contributed by atoms with Crippen LogP contribution in [-0.4, -0.2) is 6.54 Å². The molecule has 1 aromatic rings. The monoisotopic (exact) mass is 252 g/mol. The van der Waals surface area contributed by atoms with Crippen LogP contribution < -0.4 is 11.1 Å². The number of anilines is 1. The third-order valence-corrected chi connectivity index (χ3v) is 4.21. The molecule has 0 radical (unpaired) electrons. The first-order chi connectivity index (χ1) is 6.73. The largest absolute Gasteiger partial charge is 0.383 e. The van der Waals surface area contributed by atoms with Crippen LogP contribution in [0.15, 0.2) is 22.7 Å². The second kappa shape index (κ2) is 2.74. The Kier molecular flexibility index (Phi) is 1.71. The fourth-order valence-electron chi connectivity index (χ4n) is 2.34. The van der Waals surface area contributed by atoms with Gasteiger partial charge in [0.15, 0.2) is 0 Å². The van der Waals surface area contributed by atoms with E-state index in [1.54, 1.807) is 0 Å². The van der Waals surface area contributed by atoms with Gasteiger partial charge in [0, 0.05) is 22.5 Å². The van der Waals surface area contributed by atoms with Crippen molar-refractivity contribution in [1.82, 2.24) is 0 Å². The predicted molar refractivity (Wildman–Crippen MR) is 61.2 cm³/mol. The fraction of sp³-hybridized carbons (Fsp3) is 0.455. The summed E-state index contributed by atoms with van der Waals surface area (Å²) in [6.45, 7) is 1.03. The first-order valence-electron chi connectivity index (χ1n) is 5.01. The van der Waals surface area contributed by atoms with Gasteiger partial charge in [0.1, 0.15) is 0 Å². The smallest absolute Gasteiger partial charge is 0.0533 e. The van der Waals surface area contributed by atoms with Crippen molar-refractivity contribution in [2.75, 3.05) is 11.9 Å². The molecular weight excluding hydrogens is 240 g/mol. The van der Waals surface area contributed by atoms with Gasteiger partial charge in [0.25, 0.3) is 0 Å². The zero-order chi connectivity index (χ0) is 9.76. The first kappa shape index (κ1) is 8.74. The highest BCUT2D eigenvalue weighted by Crippen LogP contribution is 2.57. The molecular formula is C11H13BrN2. The Morgan fingerprint density at radius 1 is 1.43 bits per heavy atom. The van der Waals surface area contributed by atoms with Crippen molar-refractivity contribution in [2.45, 2.75) is 18.9 Å². The maximum Gasteiger partial charge on any atom is 0.0533 e. The maximum atomic E-state index is 6.29. The average Bonchev–Trinajstić information content (AvgIpc) is 2.94. The van der Waals surface area contributed by atoms with E-state index in [9.17, 15) is 0 Å². The highest BCUT2D eigenvalue weighted by atomic mass is 79.9. The van der Waals surface area contributed by atoms with Crippen LogP contribution in [0.1, 0.15) is 24.4 Å². The van der Waals surface area contributed by atoms with E-state index in [1.165, 1.54) is 24.1 Å². The third kappa shape index (κ3) is 1.06. The second-order valence-electron chi connectivity index (χ2n) is 4.40. The zero-order valence-electron chi connectivity index (χ0n) is 7.89. The van der Waals surface area contributed by atoms with Crippen molar-refractivity contribution < 1.29 is 0 Å². The van der Waals surface area contributed by atoms with Crippen LogP contribution in [0.4, 0.5) is 5.69 Å². The summed E-state index contributed by atoms with van der Waals surface area (Å²) in [7, 11) is 0. The van der Waals surface area contributed by atoms with Crippen molar-refractivity contribution in [3.8, 4) is 0 Å². The lowest BCUT2D eigenvalue weighted by atomic mass is 9.86. The number of para-hydroxylation sites is 1. The Bertz CT molecular complexity index is 385. The average molecular weight is 253 g/mol. The standard InChI is InChI=1S/C11H13BrN2/c12-8-3-1-2-7-9(8)14-6-11(4-5-11)10(7)13/h1-3,10,14H,4-6,13H2. The molecule has 74 valence electrons. The van der Waals surface area contributed by atoms with Gasteiger partial charge >= 0.3 is 0 Å². The minimum atomic E-state index is 0.219. The number of benzene rings is 1. The van der Waals surface area contributed by atoms with Crippen molar-refractivity contribution >= 4 is 21.6 Å². The van der Waals surface area contributed by atoms with Gasteiger partial charge in [-0.05, 0) is 40.4 Å². The van der Waals surface area contributed by atoms with Gasteiger partial charge in [-0.15, -0.1) is 0 Å². The van der Waals surface area contributed by atoms with Gasteiger partial charge in [0.05, 0.1) is 5.69 Å². The second-order valence-corrected chi connectivity index (χ2v) is 5.25. The van der Waals surface area contributed by atoms with Crippen molar-refractivity contribution in [2.24, 2.45) is 11.1 Å². The number of nitrogens with one attached hydrogen (secondary N) is 1. The minimum Gasteiger partial charge on any atom is -0.383 e. The molecule has 1 unspecified atom stereocenters. The van der Waals surface area contributed by atoms with E-state index in [-0.39, 0.29) is 6.04 Å². The highest BCUT2D eigenvalue weighted by molar-refractivity contribution is 9.10. The topological polar surface area (TPSA) is 38.0 Å².